The molecule has 0 amide bonds. The van der Waals surface area contributed by atoms with Crippen LogP contribution in [-0.2, 0) is 9.84 Å². The first-order valence-electron chi connectivity index (χ1n) is 4.03. The van der Waals surface area contributed by atoms with E-state index >= 15 is 0 Å². The quantitative estimate of drug-likeness (QED) is 0.783. The van der Waals surface area contributed by atoms with Crippen LogP contribution in [0, 0.1) is 0 Å². The van der Waals surface area contributed by atoms with Crippen molar-refractivity contribution in [3.63, 3.8) is 0 Å². The van der Waals surface area contributed by atoms with Gasteiger partial charge in [-0.3, -0.25) is 0 Å². The molecule has 1 rings (SSSR count). The minimum absolute atomic E-state index is 0.560. The second-order valence-corrected chi connectivity index (χ2v) is 5.41. The molecule has 0 aliphatic carbocycles. The van der Waals surface area contributed by atoms with E-state index in [1.54, 1.807) is 25.1 Å². The fraction of sp³-hybridized carbons (Fsp3) is 0.200. The number of benzene rings is 1. The summed E-state index contributed by atoms with van der Waals surface area (Å²) in [4.78, 5) is 0. The van der Waals surface area contributed by atoms with Crippen molar-refractivity contribution in [1.29, 1.82) is 0 Å². The van der Waals surface area contributed by atoms with E-state index in [2.05, 4.69) is 0 Å². The van der Waals surface area contributed by atoms with Crippen LogP contribution in [0.1, 0.15) is 12.5 Å². The zero-order valence-electron chi connectivity index (χ0n) is 7.99. The van der Waals surface area contributed by atoms with Crippen molar-refractivity contribution in [2.75, 3.05) is 6.26 Å². The molecular formula is C10H11ClO2S. The zero-order valence-corrected chi connectivity index (χ0v) is 9.56. The van der Waals surface area contributed by atoms with Gasteiger partial charge in [-0.05, 0) is 24.1 Å². The average Bonchev–Trinajstić information content (AvgIpc) is 2.01. The van der Waals surface area contributed by atoms with Gasteiger partial charge in [0.05, 0.1) is 0 Å². The summed E-state index contributed by atoms with van der Waals surface area (Å²) in [6.45, 7) is 1.72. The minimum Gasteiger partial charge on any atom is -0.225 e. The molecule has 0 spiro atoms. The first-order valence-corrected chi connectivity index (χ1v) is 6.36. The van der Waals surface area contributed by atoms with Crippen molar-refractivity contribution in [3.8, 4) is 0 Å². The van der Waals surface area contributed by atoms with Gasteiger partial charge in [-0.1, -0.05) is 29.8 Å². The van der Waals surface area contributed by atoms with E-state index in [4.69, 9.17) is 11.6 Å². The maximum Gasteiger partial charge on any atom is 0.169 e. The van der Waals surface area contributed by atoms with Crippen molar-refractivity contribution in [3.05, 3.63) is 40.3 Å². The lowest BCUT2D eigenvalue weighted by Gasteiger charge is -2.02. The molecule has 0 heterocycles. The number of allylic oxidation sites excluding steroid dienone is 1. The van der Waals surface area contributed by atoms with Gasteiger partial charge in [0, 0.05) is 16.7 Å². The second kappa shape index (κ2) is 4.15. The third-order valence-electron chi connectivity index (χ3n) is 1.69. The van der Waals surface area contributed by atoms with Crippen molar-refractivity contribution in [2.24, 2.45) is 0 Å². The van der Waals surface area contributed by atoms with E-state index in [0.29, 0.717) is 10.6 Å². The Labute approximate surface area is 89.1 Å². The van der Waals surface area contributed by atoms with Crippen LogP contribution >= 0.6 is 11.6 Å². The van der Waals surface area contributed by atoms with Gasteiger partial charge in [-0.15, -0.1) is 0 Å². The van der Waals surface area contributed by atoms with Crippen LogP contribution in [0.4, 0.5) is 0 Å². The smallest absolute Gasteiger partial charge is 0.169 e. The van der Waals surface area contributed by atoms with Gasteiger partial charge in [-0.2, -0.15) is 0 Å². The molecule has 0 saturated heterocycles. The summed E-state index contributed by atoms with van der Waals surface area (Å²) in [6.07, 6.45) is 1.16. The monoisotopic (exact) mass is 230 g/mol. The molecule has 76 valence electrons. The van der Waals surface area contributed by atoms with E-state index in [9.17, 15) is 8.42 Å². The topological polar surface area (TPSA) is 34.1 Å². The molecule has 4 heteroatoms. The first-order chi connectivity index (χ1) is 6.40. The number of hydrogen-bond acceptors (Lipinski definition) is 2. The zero-order chi connectivity index (χ0) is 10.8. The fourth-order valence-electron chi connectivity index (χ4n) is 1.17. The molecule has 14 heavy (non-hydrogen) atoms. The van der Waals surface area contributed by atoms with E-state index < -0.39 is 9.84 Å². The maximum absolute atomic E-state index is 11.0. The molecule has 1 aromatic carbocycles. The molecule has 0 aromatic heterocycles. The number of rotatable bonds is 2. The highest BCUT2D eigenvalue weighted by atomic mass is 35.5. The Bertz CT molecular complexity index is 461. The molecule has 0 fully saturated rings. The van der Waals surface area contributed by atoms with Gasteiger partial charge >= 0.3 is 0 Å². The highest BCUT2D eigenvalue weighted by molar-refractivity contribution is 7.93. The minimum atomic E-state index is -3.11. The summed E-state index contributed by atoms with van der Waals surface area (Å²) in [5, 5.41) is 1.78. The molecule has 2 nitrogen and oxygen atoms in total. The summed E-state index contributed by atoms with van der Waals surface area (Å²) in [5.41, 5.74) is 1.40. The van der Waals surface area contributed by atoms with Crippen molar-refractivity contribution < 1.29 is 8.42 Å². The SMILES string of the molecule is C/C(=C\S(C)(=O)=O)c1ccccc1Cl. The highest BCUT2D eigenvalue weighted by Gasteiger charge is 2.04. The summed E-state index contributed by atoms with van der Waals surface area (Å²) in [5.74, 6) is 0. The number of hydrogen-bond donors (Lipinski definition) is 0. The van der Waals surface area contributed by atoms with Crippen LogP contribution in [0.15, 0.2) is 29.7 Å². The molecule has 0 aliphatic heterocycles. The molecule has 0 radical (unpaired) electrons. The van der Waals surface area contributed by atoms with E-state index in [1.807, 2.05) is 6.07 Å². The van der Waals surface area contributed by atoms with E-state index in [0.717, 1.165) is 11.8 Å². The number of halogens is 1. The third-order valence-corrected chi connectivity index (χ3v) is 2.80. The van der Waals surface area contributed by atoms with Crippen molar-refractivity contribution >= 4 is 27.0 Å². The predicted molar refractivity (Wildman–Crippen MR) is 59.9 cm³/mol. The van der Waals surface area contributed by atoms with Crippen LogP contribution in [0.3, 0.4) is 0 Å². The molecule has 0 N–H and O–H groups in total. The molecule has 0 bridgehead atoms. The number of sulfone groups is 1. The molecule has 1 aromatic rings. The van der Waals surface area contributed by atoms with Gasteiger partial charge in [0.25, 0.3) is 0 Å². The third kappa shape index (κ3) is 3.16. The Hall–Kier alpha value is -0.800. The van der Waals surface area contributed by atoms with Crippen LogP contribution < -0.4 is 0 Å². The Balaban J connectivity index is 3.20. The summed E-state index contributed by atoms with van der Waals surface area (Å²) >= 11 is 5.91. The van der Waals surface area contributed by atoms with Gasteiger partial charge < -0.3 is 0 Å². The van der Waals surface area contributed by atoms with Crippen molar-refractivity contribution in [1.82, 2.24) is 0 Å². The summed E-state index contributed by atoms with van der Waals surface area (Å²) in [6, 6.07) is 7.15. The van der Waals surface area contributed by atoms with Gasteiger partial charge in [0.15, 0.2) is 9.84 Å². The maximum atomic E-state index is 11.0. The Morgan fingerprint density at radius 1 is 1.36 bits per heavy atom. The predicted octanol–water partition coefficient (Wildman–Crippen LogP) is 2.75. The van der Waals surface area contributed by atoms with E-state index in [1.165, 1.54) is 5.41 Å². The summed E-state index contributed by atoms with van der Waals surface area (Å²) in [7, 11) is -3.11. The second-order valence-electron chi connectivity index (χ2n) is 3.11. The Kier molecular flexibility index (Phi) is 3.34. The van der Waals surface area contributed by atoms with Crippen molar-refractivity contribution in [2.45, 2.75) is 6.92 Å². The lowest BCUT2D eigenvalue weighted by Crippen LogP contribution is -1.91. The normalized spacial score (nSPS) is 12.9. The van der Waals surface area contributed by atoms with Crippen LogP contribution in [0.2, 0.25) is 5.02 Å². The highest BCUT2D eigenvalue weighted by Crippen LogP contribution is 2.23. The van der Waals surface area contributed by atoms with Gasteiger partial charge in [0.2, 0.25) is 0 Å². The molecular weight excluding hydrogens is 220 g/mol. The van der Waals surface area contributed by atoms with Gasteiger partial charge in [-0.25, -0.2) is 8.42 Å². The van der Waals surface area contributed by atoms with E-state index in [-0.39, 0.29) is 0 Å². The van der Waals surface area contributed by atoms with Crippen LogP contribution in [0.5, 0.6) is 0 Å². The van der Waals surface area contributed by atoms with Gasteiger partial charge in [0.1, 0.15) is 0 Å². The fourth-order valence-corrected chi connectivity index (χ4v) is 2.22. The van der Waals surface area contributed by atoms with Crippen LogP contribution in [-0.4, -0.2) is 14.7 Å². The summed E-state index contributed by atoms with van der Waals surface area (Å²) < 4.78 is 22.0. The molecule has 0 unspecified atom stereocenters. The Morgan fingerprint density at radius 3 is 2.43 bits per heavy atom. The lowest BCUT2D eigenvalue weighted by atomic mass is 10.1. The standard InChI is InChI=1S/C10H11ClO2S/c1-8(7-14(2,12)13)9-5-3-4-6-10(9)11/h3-7H,1-2H3/b8-7+. The average molecular weight is 231 g/mol. The Morgan fingerprint density at radius 2 is 1.93 bits per heavy atom. The first kappa shape index (κ1) is 11.3. The molecule has 0 saturated carbocycles. The lowest BCUT2D eigenvalue weighted by molar-refractivity contribution is 0.610. The largest absolute Gasteiger partial charge is 0.225 e. The molecule has 0 aliphatic rings. The van der Waals surface area contributed by atoms with Crippen LogP contribution in [0.25, 0.3) is 5.57 Å². The molecule has 0 atom stereocenters.